The summed E-state index contributed by atoms with van der Waals surface area (Å²) in [4.78, 5) is 37.4. The lowest BCUT2D eigenvalue weighted by Crippen LogP contribution is -2.52. The van der Waals surface area contributed by atoms with Crippen molar-refractivity contribution < 1.29 is 19.1 Å². The lowest BCUT2D eigenvalue weighted by Gasteiger charge is -2.41. The molecule has 0 aliphatic carbocycles. The molecule has 2 heterocycles. The van der Waals surface area contributed by atoms with Gasteiger partial charge in [0.05, 0.1) is 6.04 Å². The number of nitrogens with two attached hydrogens (primary N) is 1. The van der Waals surface area contributed by atoms with Crippen LogP contribution in [0.2, 0.25) is 10.0 Å². The first-order valence-electron chi connectivity index (χ1n) is 14.0. The maximum absolute atomic E-state index is 13.5. The average molecular weight is 619 g/mol. The van der Waals surface area contributed by atoms with E-state index in [1.165, 1.54) is 0 Å². The average Bonchev–Trinajstić information content (AvgIpc) is 3.27. The lowest BCUT2D eigenvalue weighted by molar-refractivity contribution is -0.130. The maximum Gasteiger partial charge on any atom is 0.248 e. The summed E-state index contributed by atoms with van der Waals surface area (Å²) in [6.45, 7) is 5.94. The molecule has 0 radical (unpaired) electrons. The van der Waals surface area contributed by atoms with Crippen molar-refractivity contribution in [2.24, 2.45) is 5.73 Å². The van der Waals surface area contributed by atoms with Crippen LogP contribution < -0.4 is 21.1 Å². The number of nitrogens with one attached hydrogen (secondary N) is 2. The number of rotatable bonds is 4. The van der Waals surface area contributed by atoms with E-state index in [-0.39, 0.29) is 18.2 Å². The molecule has 1 saturated heterocycles. The third kappa shape index (κ3) is 6.85. The zero-order valence-electron chi connectivity index (χ0n) is 24.1. The molecule has 222 valence electrons. The number of anilines is 1. The molecule has 1 spiro atoms. The predicted molar refractivity (Wildman–Crippen MR) is 171 cm³/mol. The van der Waals surface area contributed by atoms with E-state index in [2.05, 4.69) is 10.6 Å². The van der Waals surface area contributed by atoms with Gasteiger partial charge in [-0.1, -0.05) is 79.0 Å². The zero-order valence-corrected chi connectivity index (χ0v) is 25.6. The molecule has 0 unspecified atom stereocenters. The van der Waals surface area contributed by atoms with Gasteiger partial charge in [0.1, 0.15) is 16.9 Å². The van der Waals surface area contributed by atoms with Gasteiger partial charge in [0.2, 0.25) is 17.7 Å². The molecule has 2 aliphatic rings. The van der Waals surface area contributed by atoms with E-state index in [0.29, 0.717) is 39.8 Å². The van der Waals surface area contributed by atoms with Gasteiger partial charge in [0, 0.05) is 33.3 Å². The van der Waals surface area contributed by atoms with Crippen LogP contribution >= 0.6 is 23.2 Å². The van der Waals surface area contributed by atoms with Crippen LogP contribution in [0.3, 0.4) is 0 Å². The van der Waals surface area contributed by atoms with Gasteiger partial charge in [0.15, 0.2) is 0 Å². The highest BCUT2D eigenvalue weighted by atomic mass is 35.5. The highest BCUT2D eigenvalue weighted by molar-refractivity contribution is 6.31. The second kappa shape index (κ2) is 13.8. The third-order valence-electron chi connectivity index (χ3n) is 7.24. The van der Waals surface area contributed by atoms with Crippen molar-refractivity contribution in [2.45, 2.75) is 45.1 Å². The van der Waals surface area contributed by atoms with Crippen molar-refractivity contribution >= 4 is 46.6 Å². The van der Waals surface area contributed by atoms with Crippen molar-refractivity contribution in [1.29, 1.82) is 0 Å². The molecule has 4 aromatic carbocycles. The largest absolute Gasteiger partial charge is 0.457 e. The first kappa shape index (κ1) is 31.6. The molecule has 43 heavy (non-hydrogen) atoms. The van der Waals surface area contributed by atoms with Crippen molar-refractivity contribution in [3.8, 4) is 11.5 Å². The molecule has 7 nitrogen and oxygen atoms in total. The Hall–Kier alpha value is -4.33. The van der Waals surface area contributed by atoms with Crippen molar-refractivity contribution in [2.75, 3.05) is 5.32 Å². The van der Waals surface area contributed by atoms with Crippen LogP contribution in [0.1, 0.15) is 59.8 Å². The fourth-order valence-corrected chi connectivity index (χ4v) is 5.59. The minimum Gasteiger partial charge on any atom is -0.457 e. The second-order valence-electron chi connectivity index (χ2n) is 9.94. The minimum atomic E-state index is -1.00. The summed E-state index contributed by atoms with van der Waals surface area (Å²) in [5.41, 5.74) is 7.78. The van der Waals surface area contributed by atoms with Crippen LogP contribution in [0, 0.1) is 6.92 Å². The van der Waals surface area contributed by atoms with Gasteiger partial charge >= 0.3 is 0 Å². The zero-order chi connectivity index (χ0) is 31.1. The quantitative estimate of drug-likeness (QED) is 0.217. The molecule has 0 bridgehead atoms. The molecule has 6 rings (SSSR count). The van der Waals surface area contributed by atoms with Crippen molar-refractivity contribution in [3.05, 3.63) is 123 Å². The molecular weight excluding hydrogens is 585 g/mol. The van der Waals surface area contributed by atoms with Crippen LogP contribution in [-0.4, -0.2) is 17.7 Å². The summed E-state index contributed by atoms with van der Waals surface area (Å²) in [5, 5.41) is 7.32. The smallest absolute Gasteiger partial charge is 0.248 e. The van der Waals surface area contributed by atoms with Crippen LogP contribution in [0.4, 0.5) is 5.69 Å². The number of primary amides is 1. The number of aryl methyl sites for hydroxylation is 1. The summed E-state index contributed by atoms with van der Waals surface area (Å²) in [6.07, 6.45) is 0.577. The number of amides is 3. The van der Waals surface area contributed by atoms with E-state index in [9.17, 15) is 14.4 Å². The summed E-state index contributed by atoms with van der Waals surface area (Å²) in [7, 11) is 0. The number of hydrogen-bond donors (Lipinski definition) is 3. The van der Waals surface area contributed by atoms with Gasteiger partial charge in [0.25, 0.3) is 0 Å². The van der Waals surface area contributed by atoms with Crippen LogP contribution in [0.15, 0.2) is 91.0 Å². The molecule has 3 amide bonds. The summed E-state index contributed by atoms with van der Waals surface area (Å²) >= 11 is 11.7. The third-order valence-corrected chi connectivity index (χ3v) is 7.72. The Morgan fingerprint density at radius 3 is 2.23 bits per heavy atom. The number of hydrogen-bond acceptors (Lipinski definition) is 4. The summed E-state index contributed by atoms with van der Waals surface area (Å²) in [5.74, 6) is 0.145. The molecule has 4 aromatic rings. The van der Waals surface area contributed by atoms with E-state index < -0.39 is 17.4 Å². The molecule has 9 heteroatoms. The van der Waals surface area contributed by atoms with Crippen molar-refractivity contribution in [3.63, 3.8) is 0 Å². The molecule has 0 aromatic heterocycles. The number of carbonyl (C=O) groups is 3. The monoisotopic (exact) mass is 617 g/mol. The molecule has 1 fully saturated rings. The molecule has 0 saturated carbocycles. The minimum absolute atomic E-state index is 0.135. The lowest BCUT2D eigenvalue weighted by atomic mass is 9.67. The number of benzene rings is 4. The van der Waals surface area contributed by atoms with Gasteiger partial charge < -0.3 is 21.1 Å². The van der Waals surface area contributed by atoms with E-state index in [1.807, 2.05) is 75.4 Å². The first-order valence-corrected chi connectivity index (χ1v) is 14.7. The van der Waals surface area contributed by atoms with Gasteiger partial charge in [-0.05, 0) is 73.5 Å². The standard InChI is InChI=1S/C26H22ClN3O4.C6H5Cl.C2H6/c1-14-2-9-21(34-17-6-3-15(4-7-17)24(28)32)18(12-14)23-26(11-10-22(31)30-23)19-8-5-16(27)13-20(19)29-25(26)33;7-6-4-2-1-3-5-6;1-2/h2-9,12-13,23H,10-11H2,1H3,(H2,28,32)(H,29,33)(H,30,31);1-5H;1-2H3/t23-,26-;;/m1../s1. The highest BCUT2D eigenvalue weighted by Gasteiger charge is 2.56. The summed E-state index contributed by atoms with van der Waals surface area (Å²) in [6, 6.07) is 26.2. The maximum atomic E-state index is 13.5. The van der Waals surface area contributed by atoms with E-state index >= 15 is 0 Å². The number of carbonyl (C=O) groups excluding carboxylic acids is 3. The number of fused-ring (bicyclic) bond motifs is 2. The Kier molecular flexibility index (Phi) is 10.1. The van der Waals surface area contributed by atoms with Gasteiger partial charge in [-0.3, -0.25) is 14.4 Å². The van der Waals surface area contributed by atoms with Crippen LogP contribution in [-0.2, 0) is 15.0 Å². The fourth-order valence-electron chi connectivity index (χ4n) is 5.27. The van der Waals surface area contributed by atoms with Gasteiger partial charge in [-0.25, -0.2) is 0 Å². The number of ether oxygens (including phenoxy) is 1. The Morgan fingerprint density at radius 1 is 0.907 bits per heavy atom. The topological polar surface area (TPSA) is 111 Å². The van der Waals surface area contributed by atoms with Crippen LogP contribution in [0.5, 0.6) is 11.5 Å². The number of halogens is 2. The van der Waals surface area contributed by atoms with E-state index in [0.717, 1.165) is 16.1 Å². The molecule has 4 N–H and O–H groups in total. The Labute approximate surface area is 261 Å². The first-order chi connectivity index (χ1) is 20.7. The molecule has 2 atom stereocenters. The fraction of sp³-hybridized carbons (Fsp3) is 0.206. The Balaban J connectivity index is 0.000000409. The van der Waals surface area contributed by atoms with Crippen LogP contribution in [0.25, 0.3) is 0 Å². The Morgan fingerprint density at radius 2 is 1.60 bits per heavy atom. The van der Waals surface area contributed by atoms with E-state index in [1.54, 1.807) is 36.4 Å². The van der Waals surface area contributed by atoms with Gasteiger partial charge in [-0.2, -0.15) is 0 Å². The molecular formula is C34H33Cl2N3O4. The highest BCUT2D eigenvalue weighted by Crippen LogP contribution is 2.53. The van der Waals surface area contributed by atoms with Gasteiger partial charge in [-0.15, -0.1) is 0 Å². The van der Waals surface area contributed by atoms with E-state index in [4.69, 9.17) is 33.7 Å². The normalized spacial score (nSPS) is 18.2. The SMILES string of the molecule is CC.Cc1ccc(Oc2ccc(C(N)=O)cc2)c([C@H]2NC(=O)CC[C@]23C(=O)Nc2cc(Cl)ccc23)c1.Clc1ccccc1. The predicted octanol–water partition coefficient (Wildman–Crippen LogP) is 7.75. The second-order valence-corrected chi connectivity index (χ2v) is 10.8. The summed E-state index contributed by atoms with van der Waals surface area (Å²) < 4.78 is 6.18. The number of piperidine rings is 1. The molecule has 2 aliphatic heterocycles. The Bertz CT molecular complexity index is 1630. The van der Waals surface area contributed by atoms with Crippen molar-refractivity contribution in [1.82, 2.24) is 5.32 Å².